The first-order chi connectivity index (χ1) is 11.6. The van der Waals surface area contributed by atoms with Crippen molar-refractivity contribution in [2.24, 2.45) is 0 Å². The lowest BCUT2D eigenvalue weighted by Gasteiger charge is -2.19. The summed E-state index contributed by atoms with van der Waals surface area (Å²) in [5.41, 5.74) is 2.82. The average Bonchev–Trinajstić information content (AvgIpc) is 2.57. The van der Waals surface area contributed by atoms with Gasteiger partial charge in [0.15, 0.2) is 0 Å². The number of rotatable bonds is 8. The number of amides is 1. The highest BCUT2D eigenvalue weighted by Crippen LogP contribution is 2.26. The van der Waals surface area contributed by atoms with E-state index in [1.165, 1.54) is 5.56 Å². The van der Waals surface area contributed by atoms with Crippen LogP contribution in [0.5, 0.6) is 0 Å². The number of hydrogen-bond donors (Lipinski definition) is 2. The maximum atomic E-state index is 12.1. The number of nitrogens with one attached hydrogen (secondary N) is 2. The molecule has 0 radical (unpaired) electrons. The molecule has 0 heterocycles. The molecular formula is C20H24N2O2. The Kier molecular flexibility index (Phi) is 6.55. The third-order valence-electron chi connectivity index (χ3n) is 3.81. The molecule has 2 aromatic carbocycles. The van der Waals surface area contributed by atoms with Crippen molar-refractivity contribution in [3.05, 3.63) is 60.2 Å². The minimum Gasteiger partial charge on any atom is -0.377 e. The Morgan fingerprint density at radius 1 is 0.917 bits per heavy atom. The lowest BCUT2D eigenvalue weighted by atomic mass is 10.1. The van der Waals surface area contributed by atoms with E-state index < -0.39 is 0 Å². The van der Waals surface area contributed by atoms with Gasteiger partial charge < -0.3 is 15.4 Å². The molecule has 0 aliphatic rings. The largest absolute Gasteiger partial charge is 0.377 e. The predicted octanol–water partition coefficient (Wildman–Crippen LogP) is 4.56. The standard InChI is InChI=1S/C20H24N2O2/c1-15(23)9-8-14-20(24)22-19-13-7-6-12-18(19)21-16(2)17-10-4-3-5-11-17/h3-7,10-13,16,21H,8-9,14H2,1-2H3,(H,22,24)/t16-/m0/s1. The van der Waals surface area contributed by atoms with Crippen LogP contribution in [0.1, 0.15) is 44.7 Å². The second-order valence-corrected chi connectivity index (χ2v) is 5.93. The van der Waals surface area contributed by atoms with Crippen LogP contribution in [0, 0.1) is 0 Å². The van der Waals surface area contributed by atoms with Crippen LogP contribution in [0.25, 0.3) is 0 Å². The fraction of sp³-hybridized carbons (Fsp3) is 0.300. The van der Waals surface area contributed by atoms with Crippen molar-refractivity contribution in [3.8, 4) is 0 Å². The molecule has 4 heteroatoms. The molecule has 0 bridgehead atoms. The highest BCUT2D eigenvalue weighted by molar-refractivity contribution is 5.94. The second-order valence-electron chi connectivity index (χ2n) is 5.93. The third-order valence-corrected chi connectivity index (χ3v) is 3.81. The Hall–Kier alpha value is -2.62. The summed E-state index contributed by atoms with van der Waals surface area (Å²) in [6.45, 7) is 3.63. The fourth-order valence-corrected chi connectivity index (χ4v) is 2.49. The molecule has 24 heavy (non-hydrogen) atoms. The summed E-state index contributed by atoms with van der Waals surface area (Å²) in [5.74, 6) is 0.0411. The van der Waals surface area contributed by atoms with Gasteiger partial charge in [-0.15, -0.1) is 0 Å². The smallest absolute Gasteiger partial charge is 0.224 e. The number of carbonyl (C=O) groups is 2. The molecule has 0 aromatic heterocycles. The van der Waals surface area contributed by atoms with Crippen LogP contribution >= 0.6 is 0 Å². The summed E-state index contributed by atoms with van der Waals surface area (Å²) < 4.78 is 0. The van der Waals surface area contributed by atoms with Crippen LogP contribution in [0.2, 0.25) is 0 Å². The molecular weight excluding hydrogens is 300 g/mol. The molecule has 0 saturated carbocycles. The lowest BCUT2D eigenvalue weighted by Crippen LogP contribution is -2.14. The summed E-state index contributed by atoms with van der Waals surface area (Å²) in [4.78, 5) is 23.0. The van der Waals surface area contributed by atoms with Crippen LogP contribution in [-0.4, -0.2) is 11.7 Å². The topological polar surface area (TPSA) is 58.2 Å². The van der Waals surface area contributed by atoms with E-state index >= 15 is 0 Å². The first-order valence-electron chi connectivity index (χ1n) is 8.26. The number of carbonyl (C=O) groups excluding carboxylic acids is 2. The summed E-state index contributed by atoms with van der Waals surface area (Å²) >= 11 is 0. The van der Waals surface area contributed by atoms with Crippen molar-refractivity contribution < 1.29 is 9.59 Å². The number of benzene rings is 2. The van der Waals surface area contributed by atoms with Gasteiger partial charge in [-0.2, -0.15) is 0 Å². The van der Waals surface area contributed by atoms with Gasteiger partial charge in [-0.1, -0.05) is 42.5 Å². The Morgan fingerprint density at radius 2 is 1.54 bits per heavy atom. The van der Waals surface area contributed by atoms with Gasteiger partial charge in [0.05, 0.1) is 11.4 Å². The van der Waals surface area contributed by atoms with Gasteiger partial charge in [0.1, 0.15) is 5.78 Å². The third kappa shape index (κ3) is 5.54. The van der Waals surface area contributed by atoms with Gasteiger partial charge >= 0.3 is 0 Å². The number of anilines is 2. The Balaban J connectivity index is 1.99. The van der Waals surface area contributed by atoms with Gasteiger partial charge in [0.2, 0.25) is 5.91 Å². The Morgan fingerprint density at radius 3 is 2.21 bits per heavy atom. The van der Waals surface area contributed by atoms with Crippen molar-refractivity contribution >= 4 is 23.1 Å². The summed E-state index contributed by atoms with van der Waals surface area (Å²) in [6.07, 6.45) is 1.37. The molecule has 2 rings (SSSR count). The number of Topliss-reactive ketones (excluding diaryl/α,β-unsaturated/α-hetero) is 1. The van der Waals surface area contributed by atoms with Crippen molar-refractivity contribution in [2.75, 3.05) is 10.6 Å². The van der Waals surface area contributed by atoms with E-state index in [0.717, 1.165) is 11.4 Å². The van der Waals surface area contributed by atoms with Crippen LogP contribution in [-0.2, 0) is 9.59 Å². The molecule has 4 nitrogen and oxygen atoms in total. The fourth-order valence-electron chi connectivity index (χ4n) is 2.49. The zero-order chi connectivity index (χ0) is 17.4. The van der Waals surface area contributed by atoms with Gasteiger partial charge in [-0.3, -0.25) is 4.79 Å². The van der Waals surface area contributed by atoms with Crippen molar-refractivity contribution in [1.29, 1.82) is 0 Å². The van der Waals surface area contributed by atoms with E-state index in [-0.39, 0.29) is 17.7 Å². The number of para-hydroxylation sites is 2. The maximum absolute atomic E-state index is 12.1. The van der Waals surface area contributed by atoms with Crippen LogP contribution in [0.15, 0.2) is 54.6 Å². The van der Waals surface area contributed by atoms with Crippen molar-refractivity contribution in [2.45, 2.75) is 39.2 Å². The zero-order valence-corrected chi connectivity index (χ0v) is 14.2. The van der Waals surface area contributed by atoms with E-state index in [1.54, 1.807) is 6.92 Å². The van der Waals surface area contributed by atoms with E-state index in [4.69, 9.17) is 0 Å². The van der Waals surface area contributed by atoms with Crippen molar-refractivity contribution in [1.82, 2.24) is 0 Å². The highest BCUT2D eigenvalue weighted by atomic mass is 16.1. The minimum absolute atomic E-state index is 0.0714. The summed E-state index contributed by atoms with van der Waals surface area (Å²) in [6, 6.07) is 17.9. The lowest BCUT2D eigenvalue weighted by molar-refractivity contribution is -0.117. The van der Waals surface area contributed by atoms with E-state index in [1.807, 2.05) is 42.5 Å². The Labute approximate surface area is 143 Å². The monoisotopic (exact) mass is 324 g/mol. The van der Waals surface area contributed by atoms with Crippen molar-refractivity contribution in [3.63, 3.8) is 0 Å². The van der Waals surface area contributed by atoms with Gasteiger partial charge in [-0.25, -0.2) is 0 Å². The second kappa shape index (κ2) is 8.87. The molecule has 0 saturated heterocycles. The average molecular weight is 324 g/mol. The molecule has 0 aliphatic heterocycles. The SMILES string of the molecule is CC(=O)CCCC(=O)Nc1ccccc1N[C@@H](C)c1ccccc1. The number of hydrogen-bond acceptors (Lipinski definition) is 3. The molecule has 0 aliphatic carbocycles. The Bertz CT molecular complexity index is 683. The number of ketones is 1. The predicted molar refractivity (Wildman–Crippen MR) is 98.1 cm³/mol. The molecule has 2 aromatic rings. The maximum Gasteiger partial charge on any atom is 0.224 e. The van der Waals surface area contributed by atoms with Crippen LogP contribution in [0.4, 0.5) is 11.4 Å². The molecule has 1 atom stereocenters. The molecule has 2 N–H and O–H groups in total. The summed E-state index contributed by atoms with van der Waals surface area (Å²) in [5, 5.41) is 6.37. The van der Waals surface area contributed by atoms with E-state index in [2.05, 4.69) is 29.7 Å². The van der Waals surface area contributed by atoms with Crippen LogP contribution in [0.3, 0.4) is 0 Å². The molecule has 0 fully saturated rings. The minimum atomic E-state index is -0.0714. The zero-order valence-electron chi connectivity index (χ0n) is 14.2. The first-order valence-corrected chi connectivity index (χ1v) is 8.26. The van der Waals surface area contributed by atoms with Gasteiger partial charge in [0.25, 0.3) is 0 Å². The van der Waals surface area contributed by atoms with Gasteiger partial charge in [-0.05, 0) is 38.0 Å². The van der Waals surface area contributed by atoms with E-state index in [0.29, 0.717) is 19.3 Å². The van der Waals surface area contributed by atoms with Gasteiger partial charge in [0, 0.05) is 18.9 Å². The molecule has 0 unspecified atom stereocenters. The molecule has 1 amide bonds. The molecule has 126 valence electrons. The normalized spacial score (nSPS) is 11.6. The summed E-state index contributed by atoms with van der Waals surface area (Å²) in [7, 11) is 0. The highest BCUT2D eigenvalue weighted by Gasteiger charge is 2.10. The first kappa shape index (κ1) is 17.7. The molecule has 0 spiro atoms. The quantitative estimate of drug-likeness (QED) is 0.748. The van der Waals surface area contributed by atoms with E-state index in [9.17, 15) is 9.59 Å². The van der Waals surface area contributed by atoms with Crippen LogP contribution < -0.4 is 10.6 Å².